The molecule has 1 saturated carbocycles. The maximum atomic E-state index is 6.38. The van der Waals surface area contributed by atoms with Crippen LogP contribution in [0.3, 0.4) is 0 Å². The van der Waals surface area contributed by atoms with Gasteiger partial charge in [0, 0.05) is 28.0 Å². The third-order valence-electron chi connectivity index (χ3n) is 4.02. The summed E-state index contributed by atoms with van der Waals surface area (Å²) in [6, 6.07) is 6.42. The summed E-state index contributed by atoms with van der Waals surface area (Å²) in [7, 11) is 0. The van der Waals surface area contributed by atoms with Crippen molar-refractivity contribution in [2.75, 3.05) is 6.54 Å². The minimum absolute atomic E-state index is 0.223. The van der Waals surface area contributed by atoms with Crippen molar-refractivity contribution in [2.45, 2.75) is 45.1 Å². The smallest absolute Gasteiger partial charge is 0.0459 e. The molecule has 1 aromatic carbocycles. The van der Waals surface area contributed by atoms with E-state index in [1.54, 1.807) is 0 Å². The minimum atomic E-state index is 0.223. The van der Waals surface area contributed by atoms with Gasteiger partial charge in [0.05, 0.1) is 0 Å². The van der Waals surface area contributed by atoms with E-state index in [1.165, 1.54) is 18.4 Å². The Hall–Kier alpha value is -0.240. The zero-order chi connectivity index (χ0) is 13.3. The minimum Gasteiger partial charge on any atom is -0.314 e. The Balaban J connectivity index is 2.25. The summed E-state index contributed by atoms with van der Waals surface area (Å²) in [5.41, 5.74) is 1.48. The summed E-state index contributed by atoms with van der Waals surface area (Å²) in [5.74, 6) is 0.738. The molecule has 100 valence electrons. The second kappa shape index (κ2) is 5.40. The van der Waals surface area contributed by atoms with Crippen molar-refractivity contribution in [3.05, 3.63) is 33.8 Å². The summed E-state index contributed by atoms with van der Waals surface area (Å²) in [6.07, 6.45) is 2.43. The average Bonchev–Trinajstić information content (AvgIpc) is 3.01. The fourth-order valence-electron chi connectivity index (χ4n) is 2.84. The van der Waals surface area contributed by atoms with E-state index in [9.17, 15) is 0 Å². The molecule has 0 aliphatic heterocycles. The molecular weight excluding hydrogens is 265 g/mol. The van der Waals surface area contributed by atoms with E-state index in [4.69, 9.17) is 23.2 Å². The molecule has 1 aromatic rings. The molecule has 0 spiro atoms. The molecule has 0 bridgehead atoms. The van der Waals surface area contributed by atoms with Crippen molar-refractivity contribution >= 4 is 23.2 Å². The van der Waals surface area contributed by atoms with Gasteiger partial charge in [0.2, 0.25) is 0 Å². The van der Waals surface area contributed by atoms with Crippen LogP contribution in [0.1, 0.15) is 39.2 Å². The first kappa shape index (κ1) is 14.2. The van der Waals surface area contributed by atoms with Gasteiger partial charge in [-0.1, -0.05) is 56.5 Å². The zero-order valence-electron chi connectivity index (χ0n) is 11.3. The van der Waals surface area contributed by atoms with Crippen molar-refractivity contribution in [3.63, 3.8) is 0 Å². The normalized spacial score (nSPS) is 26.7. The standard InChI is InChI=1S/C15H21Cl2N/c1-4-11-8-15(11,9-18-10(2)3)13-6-5-12(16)7-14(13)17/h5-7,10-11,18H,4,8-9H2,1-3H3. The van der Waals surface area contributed by atoms with E-state index in [-0.39, 0.29) is 5.41 Å². The first-order valence-corrected chi connectivity index (χ1v) is 7.44. The van der Waals surface area contributed by atoms with Crippen LogP contribution in [-0.4, -0.2) is 12.6 Å². The quantitative estimate of drug-likeness (QED) is 0.830. The van der Waals surface area contributed by atoms with Gasteiger partial charge in [0.1, 0.15) is 0 Å². The van der Waals surface area contributed by atoms with Crippen LogP contribution in [0.5, 0.6) is 0 Å². The van der Waals surface area contributed by atoms with E-state index >= 15 is 0 Å². The highest BCUT2D eigenvalue weighted by Crippen LogP contribution is 2.57. The molecule has 0 radical (unpaired) electrons. The van der Waals surface area contributed by atoms with Crippen LogP contribution < -0.4 is 5.32 Å². The van der Waals surface area contributed by atoms with Crippen LogP contribution >= 0.6 is 23.2 Å². The maximum Gasteiger partial charge on any atom is 0.0459 e. The highest BCUT2D eigenvalue weighted by Gasteiger charge is 2.54. The van der Waals surface area contributed by atoms with E-state index in [0.717, 1.165) is 17.5 Å². The van der Waals surface area contributed by atoms with Gasteiger partial charge in [-0.15, -0.1) is 0 Å². The molecule has 3 heteroatoms. The van der Waals surface area contributed by atoms with Crippen LogP contribution in [0.25, 0.3) is 0 Å². The summed E-state index contributed by atoms with van der Waals surface area (Å²) in [4.78, 5) is 0. The molecule has 1 nitrogen and oxygen atoms in total. The monoisotopic (exact) mass is 285 g/mol. The van der Waals surface area contributed by atoms with E-state index in [0.29, 0.717) is 11.1 Å². The highest BCUT2D eigenvalue weighted by molar-refractivity contribution is 6.35. The van der Waals surface area contributed by atoms with Crippen LogP contribution in [0.2, 0.25) is 10.0 Å². The first-order valence-electron chi connectivity index (χ1n) is 6.68. The van der Waals surface area contributed by atoms with Crippen LogP contribution in [0.15, 0.2) is 18.2 Å². The molecule has 0 amide bonds. The largest absolute Gasteiger partial charge is 0.314 e. The lowest BCUT2D eigenvalue weighted by Gasteiger charge is -2.22. The number of benzene rings is 1. The van der Waals surface area contributed by atoms with E-state index in [2.05, 4.69) is 32.2 Å². The summed E-state index contributed by atoms with van der Waals surface area (Å²) < 4.78 is 0. The highest BCUT2D eigenvalue weighted by atomic mass is 35.5. The van der Waals surface area contributed by atoms with Gasteiger partial charge in [-0.3, -0.25) is 0 Å². The van der Waals surface area contributed by atoms with Crippen molar-refractivity contribution in [1.82, 2.24) is 5.32 Å². The van der Waals surface area contributed by atoms with Crippen molar-refractivity contribution in [2.24, 2.45) is 5.92 Å². The topological polar surface area (TPSA) is 12.0 Å². The molecule has 1 aliphatic carbocycles. The Morgan fingerprint density at radius 2 is 2.11 bits per heavy atom. The van der Waals surface area contributed by atoms with Gasteiger partial charge in [-0.2, -0.15) is 0 Å². The van der Waals surface area contributed by atoms with Crippen LogP contribution in [-0.2, 0) is 5.41 Å². The lowest BCUT2D eigenvalue weighted by atomic mass is 9.92. The molecule has 2 unspecified atom stereocenters. The Labute approximate surface area is 120 Å². The molecule has 1 N–H and O–H groups in total. The molecule has 1 fully saturated rings. The molecule has 1 aliphatic rings. The number of halogens is 2. The van der Waals surface area contributed by atoms with Crippen molar-refractivity contribution < 1.29 is 0 Å². The van der Waals surface area contributed by atoms with Crippen molar-refractivity contribution in [3.8, 4) is 0 Å². The Morgan fingerprint density at radius 1 is 1.39 bits per heavy atom. The summed E-state index contributed by atoms with van der Waals surface area (Å²) >= 11 is 12.4. The number of hydrogen-bond donors (Lipinski definition) is 1. The number of rotatable bonds is 5. The third-order valence-corrected chi connectivity index (χ3v) is 4.57. The first-order chi connectivity index (χ1) is 8.49. The Bertz CT molecular complexity index is 431. The molecule has 18 heavy (non-hydrogen) atoms. The molecular formula is C15H21Cl2N. The number of hydrogen-bond acceptors (Lipinski definition) is 1. The van der Waals surface area contributed by atoms with E-state index in [1.807, 2.05) is 12.1 Å². The maximum absolute atomic E-state index is 6.38. The zero-order valence-corrected chi connectivity index (χ0v) is 12.8. The van der Waals surface area contributed by atoms with Crippen LogP contribution in [0.4, 0.5) is 0 Å². The van der Waals surface area contributed by atoms with Gasteiger partial charge in [0.15, 0.2) is 0 Å². The fourth-order valence-corrected chi connectivity index (χ4v) is 3.43. The van der Waals surface area contributed by atoms with Gasteiger partial charge in [-0.05, 0) is 30.0 Å². The second-order valence-corrected chi connectivity index (χ2v) is 6.47. The van der Waals surface area contributed by atoms with Gasteiger partial charge < -0.3 is 5.32 Å². The van der Waals surface area contributed by atoms with E-state index < -0.39 is 0 Å². The lowest BCUT2D eigenvalue weighted by molar-refractivity contribution is 0.487. The van der Waals surface area contributed by atoms with Gasteiger partial charge >= 0.3 is 0 Å². The molecule has 0 heterocycles. The Kier molecular flexibility index (Phi) is 4.25. The molecule has 2 atom stereocenters. The molecule has 2 rings (SSSR count). The SMILES string of the molecule is CCC1CC1(CNC(C)C)c1ccc(Cl)cc1Cl. The Morgan fingerprint density at radius 3 is 2.61 bits per heavy atom. The second-order valence-electron chi connectivity index (χ2n) is 5.63. The van der Waals surface area contributed by atoms with Gasteiger partial charge in [-0.25, -0.2) is 0 Å². The summed E-state index contributed by atoms with van der Waals surface area (Å²) in [5, 5.41) is 5.08. The predicted molar refractivity (Wildman–Crippen MR) is 79.7 cm³/mol. The van der Waals surface area contributed by atoms with Crippen molar-refractivity contribution in [1.29, 1.82) is 0 Å². The molecule has 0 aromatic heterocycles. The summed E-state index contributed by atoms with van der Waals surface area (Å²) in [6.45, 7) is 7.62. The van der Waals surface area contributed by atoms with Crippen LogP contribution in [0, 0.1) is 5.92 Å². The number of nitrogens with one attached hydrogen (secondary N) is 1. The lowest BCUT2D eigenvalue weighted by Crippen LogP contribution is -2.33. The van der Waals surface area contributed by atoms with Gasteiger partial charge in [0.25, 0.3) is 0 Å². The average molecular weight is 286 g/mol. The molecule has 0 saturated heterocycles. The fraction of sp³-hybridized carbons (Fsp3) is 0.600. The predicted octanol–water partition coefficient (Wildman–Crippen LogP) is 4.66. The third kappa shape index (κ3) is 2.68.